The number of carboxylic acid groups (broad SMARTS) is 1. The number of thiazole rings is 1. The third kappa shape index (κ3) is 7.49. The molecule has 0 aromatic carbocycles. The number of alkyl halides is 3. The monoisotopic (exact) mass is 609 g/mol. The van der Waals surface area contributed by atoms with Gasteiger partial charge in [0.15, 0.2) is 9.50 Å². The number of aliphatic carboxylic acids is 1. The van der Waals surface area contributed by atoms with Crippen molar-refractivity contribution >= 4 is 69.3 Å². The maximum atomic E-state index is 11.9. The van der Waals surface area contributed by atoms with Crippen molar-refractivity contribution in [1.82, 2.24) is 30.3 Å². The Kier molecular flexibility index (Phi) is 9.98. The van der Waals surface area contributed by atoms with E-state index in [1.807, 2.05) is 11.8 Å². The van der Waals surface area contributed by atoms with E-state index in [0.29, 0.717) is 46.3 Å². The van der Waals surface area contributed by atoms with Crippen LogP contribution >= 0.6 is 34.7 Å². The summed E-state index contributed by atoms with van der Waals surface area (Å²) in [6, 6.07) is 0. The average Bonchev–Trinajstić information content (AvgIpc) is 3.48. The lowest BCUT2D eigenvalue weighted by Crippen LogP contribution is -2.48. The minimum absolute atomic E-state index is 0.0683. The Bertz CT molecular complexity index is 1360. The molecule has 12 nitrogen and oxygen atoms in total. The molecule has 0 radical (unpaired) electrons. The van der Waals surface area contributed by atoms with E-state index in [1.54, 1.807) is 12.3 Å². The molecule has 3 aromatic heterocycles. The lowest BCUT2D eigenvalue weighted by molar-refractivity contribution is -0.192. The van der Waals surface area contributed by atoms with E-state index in [4.69, 9.17) is 26.5 Å². The minimum atomic E-state index is -5.08. The number of carbonyl (C=O) groups excluding carboxylic acids is 2. The van der Waals surface area contributed by atoms with Gasteiger partial charge in [0.1, 0.15) is 17.2 Å². The number of fused-ring (bicyclic) bond motifs is 1. The predicted molar refractivity (Wildman–Crippen MR) is 137 cm³/mol. The van der Waals surface area contributed by atoms with Gasteiger partial charge in [-0.3, -0.25) is 14.4 Å². The number of nitrogens with zero attached hydrogens (tertiary/aromatic N) is 5. The second-order valence-electron chi connectivity index (χ2n) is 7.86. The number of piperazine rings is 1. The number of carbonyl (C=O) groups is 3. The van der Waals surface area contributed by atoms with Crippen LogP contribution in [0.4, 0.5) is 19.0 Å². The van der Waals surface area contributed by atoms with Gasteiger partial charge >= 0.3 is 12.1 Å². The van der Waals surface area contributed by atoms with Crippen LogP contribution in [0, 0.1) is 0 Å². The molecule has 212 valence electrons. The number of nitrogens with one attached hydrogen (secondary N) is 2. The fraction of sp³-hybridized carbons (Fsp3) is 0.429. The molecule has 1 aliphatic rings. The molecule has 1 saturated heterocycles. The molecule has 0 spiro atoms. The first-order chi connectivity index (χ1) is 18.3. The van der Waals surface area contributed by atoms with Gasteiger partial charge in [0.25, 0.3) is 5.91 Å². The lowest BCUT2D eigenvalue weighted by Gasteiger charge is -2.35. The van der Waals surface area contributed by atoms with Crippen LogP contribution in [0.25, 0.3) is 11.0 Å². The van der Waals surface area contributed by atoms with Crippen LogP contribution in [0.2, 0.25) is 5.02 Å². The van der Waals surface area contributed by atoms with Crippen LogP contribution < -0.4 is 10.4 Å². The summed E-state index contributed by atoms with van der Waals surface area (Å²) >= 11 is 9.26. The molecule has 4 rings (SSSR count). The fourth-order valence-electron chi connectivity index (χ4n) is 3.45. The van der Waals surface area contributed by atoms with E-state index in [2.05, 4.69) is 30.2 Å². The Morgan fingerprint density at radius 2 is 1.87 bits per heavy atom. The van der Waals surface area contributed by atoms with Gasteiger partial charge < -0.3 is 19.9 Å². The number of aryl methyl sites for hydroxylation is 1. The van der Waals surface area contributed by atoms with Crippen molar-refractivity contribution in [2.24, 2.45) is 0 Å². The molecule has 3 N–H and O–H groups in total. The predicted octanol–water partition coefficient (Wildman–Crippen LogP) is 3.37. The summed E-state index contributed by atoms with van der Waals surface area (Å²) in [6.07, 6.45) is -4.35. The Morgan fingerprint density at radius 3 is 2.41 bits per heavy atom. The number of amides is 2. The zero-order valence-electron chi connectivity index (χ0n) is 20.8. The van der Waals surface area contributed by atoms with E-state index in [1.165, 1.54) is 30.2 Å². The molecule has 0 unspecified atom stereocenters. The quantitative estimate of drug-likeness (QED) is 0.280. The smallest absolute Gasteiger partial charge is 0.475 e. The number of hydroxylamine groups is 1. The Hall–Kier alpha value is -3.15. The first-order valence-corrected chi connectivity index (χ1v) is 13.3. The number of hydrogen-bond donors (Lipinski definition) is 3. The second-order valence-corrected chi connectivity index (χ2v) is 10.3. The van der Waals surface area contributed by atoms with Crippen LogP contribution in [0.5, 0.6) is 0 Å². The second kappa shape index (κ2) is 12.8. The highest BCUT2D eigenvalue weighted by atomic mass is 35.5. The Labute approximate surface area is 232 Å². The van der Waals surface area contributed by atoms with Gasteiger partial charge in [0, 0.05) is 44.2 Å². The molecule has 2 amide bonds. The minimum Gasteiger partial charge on any atom is -0.475 e. The number of aromatic amines is 1. The summed E-state index contributed by atoms with van der Waals surface area (Å²) in [6.45, 7) is 6.15. The standard InChI is InChI=1S/C19H22ClN7O3S2.C2HF3O2/c1-4-11-14(20)13-15(21-11)23-18(32-19-22-12(9-31-19)17(29)25-30-3)24-16(13)27-7-5-26(6-8-27)10(2)28;3-2(4,5)1(6)7/h9H,4-8H2,1-3H3,(H,25,29)(H,21,23,24);(H,6,7). The summed E-state index contributed by atoms with van der Waals surface area (Å²) in [4.78, 5) is 58.2. The van der Waals surface area contributed by atoms with Crippen molar-refractivity contribution in [3.05, 3.63) is 21.8 Å². The van der Waals surface area contributed by atoms with Crippen LogP contribution in [0.3, 0.4) is 0 Å². The van der Waals surface area contributed by atoms with E-state index in [0.717, 1.165) is 23.3 Å². The molecule has 0 bridgehead atoms. The number of H-pyrrole nitrogens is 1. The third-order valence-corrected chi connectivity index (χ3v) is 7.55. The van der Waals surface area contributed by atoms with Crippen molar-refractivity contribution in [2.45, 2.75) is 35.9 Å². The third-order valence-electron chi connectivity index (χ3n) is 5.33. The van der Waals surface area contributed by atoms with Crippen molar-refractivity contribution in [3.63, 3.8) is 0 Å². The highest BCUT2D eigenvalue weighted by molar-refractivity contribution is 8.00. The average molecular weight is 610 g/mol. The van der Waals surface area contributed by atoms with E-state index >= 15 is 0 Å². The maximum absolute atomic E-state index is 11.9. The molecule has 18 heteroatoms. The van der Waals surface area contributed by atoms with Gasteiger partial charge in [-0.2, -0.15) is 13.2 Å². The zero-order valence-corrected chi connectivity index (χ0v) is 23.1. The van der Waals surface area contributed by atoms with Gasteiger partial charge in [-0.15, -0.1) is 11.3 Å². The summed E-state index contributed by atoms with van der Waals surface area (Å²) in [7, 11) is 1.37. The normalized spacial score (nSPS) is 13.7. The summed E-state index contributed by atoms with van der Waals surface area (Å²) in [5.74, 6) is -2.37. The lowest BCUT2D eigenvalue weighted by atomic mass is 10.2. The van der Waals surface area contributed by atoms with E-state index < -0.39 is 18.1 Å². The molecular formula is C21H23ClF3N7O5S2. The zero-order chi connectivity index (χ0) is 28.9. The number of anilines is 1. The van der Waals surface area contributed by atoms with E-state index in [-0.39, 0.29) is 11.6 Å². The molecule has 0 aliphatic carbocycles. The first kappa shape index (κ1) is 30.4. The summed E-state index contributed by atoms with van der Waals surface area (Å²) < 4.78 is 32.4. The van der Waals surface area contributed by atoms with Gasteiger partial charge in [-0.05, 0) is 18.2 Å². The number of halogens is 4. The first-order valence-electron chi connectivity index (χ1n) is 11.2. The SMILES string of the molecule is CCc1[nH]c2nc(Sc3nc(C(=O)NOC)cs3)nc(N3CCN(C(C)=O)CC3)c2c1Cl.O=C(O)C(F)(F)F. The van der Waals surface area contributed by atoms with Gasteiger partial charge in [-0.25, -0.2) is 25.2 Å². The number of carboxylic acids is 1. The van der Waals surface area contributed by atoms with Crippen molar-refractivity contribution in [3.8, 4) is 0 Å². The van der Waals surface area contributed by atoms with Crippen LogP contribution in [-0.4, -0.2) is 87.2 Å². The molecule has 3 aromatic rings. The molecule has 1 fully saturated rings. The summed E-state index contributed by atoms with van der Waals surface area (Å²) in [5, 5.41) is 10.7. The van der Waals surface area contributed by atoms with Gasteiger partial charge in [-0.1, -0.05) is 18.5 Å². The van der Waals surface area contributed by atoms with Crippen molar-refractivity contribution in [1.29, 1.82) is 0 Å². The largest absolute Gasteiger partial charge is 0.490 e. The summed E-state index contributed by atoms with van der Waals surface area (Å²) in [5.41, 5.74) is 4.07. The van der Waals surface area contributed by atoms with Crippen LogP contribution in [0.1, 0.15) is 30.0 Å². The van der Waals surface area contributed by atoms with Crippen LogP contribution in [-0.2, 0) is 20.8 Å². The van der Waals surface area contributed by atoms with Gasteiger partial charge in [0.2, 0.25) is 5.91 Å². The highest BCUT2D eigenvalue weighted by Gasteiger charge is 2.38. The maximum Gasteiger partial charge on any atom is 0.490 e. The van der Waals surface area contributed by atoms with Gasteiger partial charge in [0.05, 0.1) is 17.5 Å². The van der Waals surface area contributed by atoms with E-state index in [9.17, 15) is 22.8 Å². The fourth-order valence-corrected chi connectivity index (χ4v) is 5.46. The van der Waals surface area contributed by atoms with Crippen molar-refractivity contribution < 1.29 is 37.5 Å². The highest BCUT2D eigenvalue weighted by Crippen LogP contribution is 2.37. The van der Waals surface area contributed by atoms with Crippen LogP contribution in [0.15, 0.2) is 14.9 Å². The Balaban J connectivity index is 0.000000532. The molecule has 4 heterocycles. The molecule has 0 atom stereocenters. The van der Waals surface area contributed by atoms with Crippen molar-refractivity contribution in [2.75, 3.05) is 38.2 Å². The number of aromatic nitrogens is 4. The molecular weight excluding hydrogens is 587 g/mol. The topological polar surface area (TPSA) is 154 Å². The number of hydrogen-bond acceptors (Lipinski definition) is 10. The molecule has 39 heavy (non-hydrogen) atoms. The Morgan fingerprint density at radius 1 is 1.23 bits per heavy atom. The molecule has 1 aliphatic heterocycles. The molecule has 0 saturated carbocycles. The number of rotatable bonds is 6.